The van der Waals surface area contributed by atoms with E-state index in [-0.39, 0.29) is 11.7 Å². The first kappa shape index (κ1) is 19.0. The average Bonchev–Trinajstić information content (AvgIpc) is 3.41. The second-order valence-corrected chi connectivity index (χ2v) is 7.40. The van der Waals surface area contributed by atoms with Crippen LogP contribution in [0.25, 0.3) is 17.3 Å². The van der Waals surface area contributed by atoms with Crippen LogP contribution in [0.4, 0.5) is 0 Å². The van der Waals surface area contributed by atoms with Gasteiger partial charge in [0.05, 0.1) is 17.7 Å². The van der Waals surface area contributed by atoms with E-state index in [1.807, 2.05) is 78.2 Å². The van der Waals surface area contributed by atoms with Gasteiger partial charge in [0.1, 0.15) is 0 Å². The zero-order valence-electron chi connectivity index (χ0n) is 15.9. The maximum absolute atomic E-state index is 12.3. The number of hydrogen-bond acceptors (Lipinski definition) is 5. The molecule has 0 aliphatic rings. The van der Waals surface area contributed by atoms with E-state index < -0.39 is 0 Å². The highest BCUT2D eigenvalue weighted by Gasteiger charge is 2.19. The highest BCUT2D eigenvalue weighted by Crippen LogP contribution is 2.29. The molecule has 0 saturated carbocycles. The molecule has 7 heteroatoms. The van der Waals surface area contributed by atoms with Crippen LogP contribution in [-0.4, -0.2) is 26.4 Å². The second-order valence-electron chi connectivity index (χ2n) is 6.46. The predicted molar refractivity (Wildman–Crippen MR) is 113 cm³/mol. The molecule has 0 atom stereocenters. The van der Waals surface area contributed by atoms with Crippen LogP contribution in [-0.2, 0) is 11.3 Å². The third kappa shape index (κ3) is 4.41. The lowest BCUT2D eigenvalue weighted by Gasteiger charge is -2.12. The summed E-state index contributed by atoms with van der Waals surface area (Å²) in [5.41, 5.74) is 3.10. The van der Waals surface area contributed by atoms with Crippen LogP contribution >= 0.6 is 11.8 Å². The summed E-state index contributed by atoms with van der Waals surface area (Å²) in [7, 11) is 0. The molecule has 6 nitrogen and oxygen atoms in total. The van der Waals surface area contributed by atoms with Gasteiger partial charge in [0.2, 0.25) is 11.7 Å². The Labute approximate surface area is 173 Å². The molecule has 1 N–H and O–H groups in total. The van der Waals surface area contributed by atoms with E-state index in [0.717, 1.165) is 16.8 Å². The Bertz CT molecular complexity index is 1090. The van der Waals surface area contributed by atoms with Crippen molar-refractivity contribution in [3.05, 3.63) is 84.1 Å². The molecule has 0 aliphatic heterocycles. The average molecular weight is 404 g/mol. The topological polar surface area (TPSA) is 73.0 Å². The van der Waals surface area contributed by atoms with Crippen molar-refractivity contribution in [3.63, 3.8) is 0 Å². The molecule has 4 rings (SSSR count). The Hall–Kier alpha value is -3.32. The normalized spacial score (nSPS) is 10.8. The number of aryl methyl sites for hydroxylation is 1. The lowest BCUT2D eigenvalue weighted by molar-refractivity contribution is -0.118. The molecule has 0 fully saturated rings. The number of amides is 1. The molecule has 0 bridgehead atoms. The van der Waals surface area contributed by atoms with Gasteiger partial charge in [-0.1, -0.05) is 60.3 Å². The summed E-state index contributed by atoms with van der Waals surface area (Å²) in [6, 6.07) is 21.5. The maximum Gasteiger partial charge on any atom is 0.230 e. The van der Waals surface area contributed by atoms with Crippen LogP contribution < -0.4 is 5.32 Å². The van der Waals surface area contributed by atoms with Crippen LogP contribution in [0.2, 0.25) is 0 Å². The molecule has 4 aromatic rings. The number of thioether (sulfide) groups is 1. The van der Waals surface area contributed by atoms with Gasteiger partial charge in [-0.2, -0.15) is 0 Å². The van der Waals surface area contributed by atoms with Gasteiger partial charge in [0.15, 0.2) is 10.9 Å². The number of carbonyl (C=O) groups excluding carboxylic acids is 1. The van der Waals surface area contributed by atoms with E-state index in [2.05, 4.69) is 15.5 Å². The summed E-state index contributed by atoms with van der Waals surface area (Å²) in [5, 5.41) is 12.2. The second kappa shape index (κ2) is 8.79. The van der Waals surface area contributed by atoms with Crippen molar-refractivity contribution in [1.82, 2.24) is 20.1 Å². The highest BCUT2D eigenvalue weighted by atomic mass is 32.2. The van der Waals surface area contributed by atoms with Crippen LogP contribution in [0, 0.1) is 6.92 Å². The minimum absolute atomic E-state index is 0.0577. The number of nitrogens with one attached hydrogen (secondary N) is 1. The predicted octanol–water partition coefficient (Wildman–Crippen LogP) is 4.24. The zero-order chi connectivity index (χ0) is 20.1. The highest BCUT2D eigenvalue weighted by molar-refractivity contribution is 7.99. The van der Waals surface area contributed by atoms with E-state index in [1.54, 1.807) is 6.26 Å². The van der Waals surface area contributed by atoms with Crippen molar-refractivity contribution in [2.75, 3.05) is 5.75 Å². The first-order chi connectivity index (χ1) is 14.2. The van der Waals surface area contributed by atoms with E-state index in [1.165, 1.54) is 11.8 Å². The Balaban J connectivity index is 1.53. The summed E-state index contributed by atoms with van der Waals surface area (Å²) in [6.07, 6.45) is 1.61. The van der Waals surface area contributed by atoms with Gasteiger partial charge in [-0.15, -0.1) is 10.2 Å². The molecule has 2 heterocycles. The van der Waals surface area contributed by atoms with Crippen LogP contribution in [0.5, 0.6) is 0 Å². The standard InChI is InChI=1S/C22H20N4O2S/c1-16-8-5-6-11-18(16)26-21(19-12-7-13-28-19)24-25-22(26)29-15-20(27)23-14-17-9-3-2-4-10-17/h2-13H,14-15H2,1H3,(H,23,27). The summed E-state index contributed by atoms with van der Waals surface area (Å²) in [5.74, 6) is 1.42. The van der Waals surface area contributed by atoms with E-state index >= 15 is 0 Å². The van der Waals surface area contributed by atoms with Gasteiger partial charge in [-0.3, -0.25) is 9.36 Å². The van der Waals surface area contributed by atoms with Gasteiger partial charge in [0, 0.05) is 6.54 Å². The fourth-order valence-electron chi connectivity index (χ4n) is 2.94. The number of furan rings is 1. The van der Waals surface area contributed by atoms with Gasteiger partial charge in [-0.25, -0.2) is 0 Å². The van der Waals surface area contributed by atoms with E-state index in [4.69, 9.17) is 4.42 Å². The largest absolute Gasteiger partial charge is 0.461 e. The zero-order valence-corrected chi connectivity index (χ0v) is 16.7. The van der Waals surface area contributed by atoms with Crippen LogP contribution in [0.3, 0.4) is 0 Å². The summed E-state index contributed by atoms with van der Waals surface area (Å²) in [6.45, 7) is 2.53. The van der Waals surface area contributed by atoms with Crippen LogP contribution in [0.1, 0.15) is 11.1 Å². The number of benzene rings is 2. The molecule has 29 heavy (non-hydrogen) atoms. The van der Waals surface area contributed by atoms with Gasteiger partial charge >= 0.3 is 0 Å². The van der Waals surface area contributed by atoms with E-state index in [0.29, 0.717) is 23.3 Å². The fourth-order valence-corrected chi connectivity index (χ4v) is 3.71. The molecule has 2 aromatic heterocycles. The summed E-state index contributed by atoms with van der Waals surface area (Å²) < 4.78 is 7.47. The molecular formula is C22H20N4O2S. The van der Waals surface area contributed by atoms with E-state index in [9.17, 15) is 4.79 Å². The minimum Gasteiger partial charge on any atom is -0.461 e. The van der Waals surface area contributed by atoms with Gasteiger partial charge in [0.25, 0.3) is 0 Å². The number of aromatic nitrogens is 3. The molecule has 0 saturated heterocycles. The van der Waals surface area contributed by atoms with Crippen molar-refractivity contribution < 1.29 is 9.21 Å². The molecule has 0 unspecified atom stereocenters. The summed E-state index contributed by atoms with van der Waals surface area (Å²) in [4.78, 5) is 12.3. The van der Waals surface area contributed by atoms with Crippen LogP contribution in [0.15, 0.2) is 82.6 Å². The molecule has 0 spiro atoms. The Morgan fingerprint density at radius 3 is 2.59 bits per heavy atom. The Morgan fingerprint density at radius 1 is 1.03 bits per heavy atom. The molecule has 0 aliphatic carbocycles. The molecule has 0 radical (unpaired) electrons. The SMILES string of the molecule is Cc1ccccc1-n1c(SCC(=O)NCc2ccccc2)nnc1-c1ccco1. The number of nitrogens with zero attached hydrogens (tertiary/aromatic N) is 3. The lowest BCUT2D eigenvalue weighted by Crippen LogP contribution is -2.24. The molecule has 1 amide bonds. The monoisotopic (exact) mass is 404 g/mol. The Morgan fingerprint density at radius 2 is 1.83 bits per heavy atom. The number of para-hydroxylation sites is 1. The van der Waals surface area contributed by atoms with Crippen molar-refractivity contribution >= 4 is 17.7 Å². The third-order valence-electron chi connectivity index (χ3n) is 4.40. The van der Waals surface area contributed by atoms with Gasteiger partial charge < -0.3 is 9.73 Å². The maximum atomic E-state index is 12.3. The minimum atomic E-state index is -0.0577. The van der Waals surface area contributed by atoms with Gasteiger partial charge in [-0.05, 0) is 36.2 Å². The number of carbonyl (C=O) groups is 1. The van der Waals surface area contributed by atoms with Crippen molar-refractivity contribution in [3.8, 4) is 17.3 Å². The molecule has 146 valence electrons. The Kier molecular flexibility index (Phi) is 5.76. The third-order valence-corrected chi connectivity index (χ3v) is 5.33. The first-order valence-corrected chi connectivity index (χ1v) is 10.2. The molecule has 2 aromatic carbocycles. The number of hydrogen-bond donors (Lipinski definition) is 1. The smallest absolute Gasteiger partial charge is 0.230 e. The lowest BCUT2D eigenvalue weighted by atomic mass is 10.2. The quantitative estimate of drug-likeness (QED) is 0.466. The van der Waals surface area contributed by atoms with Crippen molar-refractivity contribution in [1.29, 1.82) is 0 Å². The molecular weight excluding hydrogens is 384 g/mol. The first-order valence-electron chi connectivity index (χ1n) is 9.21. The fraction of sp³-hybridized carbons (Fsp3) is 0.136. The number of rotatable bonds is 7. The summed E-state index contributed by atoms with van der Waals surface area (Å²) >= 11 is 1.35. The van der Waals surface area contributed by atoms with Crippen molar-refractivity contribution in [2.24, 2.45) is 0 Å². The van der Waals surface area contributed by atoms with Crippen molar-refractivity contribution in [2.45, 2.75) is 18.6 Å².